The summed E-state index contributed by atoms with van der Waals surface area (Å²) < 4.78 is 5.11. The Morgan fingerprint density at radius 1 is 1.14 bits per heavy atom. The SMILES string of the molecule is COc1ccc(CCNC(=O)C(N)c2ccc(C)cc2)cc1. The molecule has 4 heteroatoms. The summed E-state index contributed by atoms with van der Waals surface area (Å²) in [7, 11) is 1.64. The summed E-state index contributed by atoms with van der Waals surface area (Å²) in [5.74, 6) is 0.673. The molecule has 0 radical (unpaired) electrons. The second-order valence-electron chi connectivity index (χ2n) is 5.28. The van der Waals surface area contributed by atoms with Crippen LogP contribution in [0.5, 0.6) is 5.75 Å². The molecule has 1 atom stereocenters. The van der Waals surface area contributed by atoms with E-state index >= 15 is 0 Å². The summed E-state index contributed by atoms with van der Waals surface area (Å²) in [6.07, 6.45) is 0.760. The maximum Gasteiger partial charge on any atom is 0.241 e. The van der Waals surface area contributed by atoms with E-state index in [0.29, 0.717) is 6.54 Å². The van der Waals surface area contributed by atoms with E-state index in [1.54, 1.807) is 7.11 Å². The van der Waals surface area contributed by atoms with E-state index < -0.39 is 6.04 Å². The molecule has 0 saturated carbocycles. The van der Waals surface area contributed by atoms with E-state index in [9.17, 15) is 4.79 Å². The number of carbonyl (C=O) groups excluding carboxylic acids is 1. The first-order valence-corrected chi connectivity index (χ1v) is 7.33. The fourth-order valence-corrected chi connectivity index (χ4v) is 2.16. The average Bonchev–Trinajstić information content (AvgIpc) is 2.55. The highest BCUT2D eigenvalue weighted by Crippen LogP contribution is 2.13. The molecule has 22 heavy (non-hydrogen) atoms. The number of rotatable bonds is 6. The molecule has 0 aromatic heterocycles. The number of nitrogens with one attached hydrogen (secondary N) is 1. The van der Waals surface area contributed by atoms with Crippen LogP contribution in [0.3, 0.4) is 0 Å². The van der Waals surface area contributed by atoms with Gasteiger partial charge in [0.15, 0.2) is 0 Å². The third-order valence-corrected chi connectivity index (χ3v) is 3.59. The molecule has 0 heterocycles. The van der Waals surface area contributed by atoms with Gasteiger partial charge in [-0.05, 0) is 36.6 Å². The minimum atomic E-state index is -0.628. The molecule has 0 bridgehead atoms. The Bertz CT molecular complexity index is 606. The van der Waals surface area contributed by atoms with Crippen LogP contribution in [0.15, 0.2) is 48.5 Å². The van der Waals surface area contributed by atoms with Crippen LogP contribution in [0.25, 0.3) is 0 Å². The molecular formula is C18H22N2O2. The molecule has 3 N–H and O–H groups in total. The summed E-state index contributed by atoms with van der Waals surface area (Å²) in [6, 6.07) is 14.9. The van der Waals surface area contributed by atoms with Gasteiger partial charge in [-0.15, -0.1) is 0 Å². The van der Waals surface area contributed by atoms with Crippen molar-refractivity contribution in [1.82, 2.24) is 5.32 Å². The van der Waals surface area contributed by atoms with E-state index in [4.69, 9.17) is 10.5 Å². The standard InChI is InChI=1S/C18H22N2O2/c1-13-3-7-15(8-4-13)17(19)18(21)20-12-11-14-5-9-16(22-2)10-6-14/h3-10,17H,11-12,19H2,1-2H3,(H,20,21). The zero-order valence-electron chi connectivity index (χ0n) is 13.0. The van der Waals surface area contributed by atoms with Crippen molar-refractivity contribution >= 4 is 5.91 Å². The van der Waals surface area contributed by atoms with Crippen LogP contribution in [0.1, 0.15) is 22.7 Å². The highest BCUT2D eigenvalue weighted by Gasteiger charge is 2.14. The summed E-state index contributed by atoms with van der Waals surface area (Å²) in [4.78, 5) is 12.1. The minimum absolute atomic E-state index is 0.155. The Labute approximate surface area is 131 Å². The minimum Gasteiger partial charge on any atom is -0.497 e. The second-order valence-corrected chi connectivity index (χ2v) is 5.28. The molecule has 116 valence electrons. The van der Waals surface area contributed by atoms with Crippen molar-refractivity contribution in [2.24, 2.45) is 5.73 Å². The lowest BCUT2D eigenvalue weighted by atomic mass is 10.1. The average molecular weight is 298 g/mol. The fraction of sp³-hybridized carbons (Fsp3) is 0.278. The van der Waals surface area contributed by atoms with E-state index in [-0.39, 0.29) is 5.91 Å². The molecular weight excluding hydrogens is 276 g/mol. The van der Waals surface area contributed by atoms with Crippen LogP contribution in [-0.4, -0.2) is 19.6 Å². The highest BCUT2D eigenvalue weighted by molar-refractivity contribution is 5.82. The molecule has 2 aromatic carbocycles. The van der Waals surface area contributed by atoms with Gasteiger partial charge in [-0.25, -0.2) is 0 Å². The van der Waals surface area contributed by atoms with Gasteiger partial charge < -0.3 is 15.8 Å². The van der Waals surface area contributed by atoms with Crippen LogP contribution < -0.4 is 15.8 Å². The van der Waals surface area contributed by atoms with E-state index in [1.165, 1.54) is 0 Å². The van der Waals surface area contributed by atoms with Gasteiger partial charge in [0.1, 0.15) is 11.8 Å². The van der Waals surface area contributed by atoms with Gasteiger partial charge in [0.25, 0.3) is 0 Å². The number of aryl methyl sites for hydroxylation is 1. The van der Waals surface area contributed by atoms with Gasteiger partial charge in [0.2, 0.25) is 5.91 Å². The Kier molecular flexibility index (Phi) is 5.55. The Balaban J connectivity index is 1.82. The van der Waals surface area contributed by atoms with Gasteiger partial charge in [0, 0.05) is 6.54 Å². The molecule has 2 aromatic rings. The Morgan fingerprint density at radius 2 is 1.77 bits per heavy atom. The van der Waals surface area contributed by atoms with Crippen molar-refractivity contribution in [3.63, 3.8) is 0 Å². The van der Waals surface area contributed by atoms with Gasteiger partial charge in [-0.2, -0.15) is 0 Å². The van der Waals surface area contributed by atoms with E-state index in [1.807, 2.05) is 55.5 Å². The van der Waals surface area contributed by atoms with Gasteiger partial charge in [0.05, 0.1) is 7.11 Å². The monoisotopic (exact) mass is 298 g/mol. The smallest absolute Gasteiger partial charge is 0.241 e. The molecule has 2 rings (SSSR count). The summed E-state index contributed by atoms with van der Waals surface area (Å²) in [5, 5.41) is 2.88. The lowest BCUT2D eigenvalue weighted by Gasteiger charge is -2.13. The fourth-order valence-electron chi connectivity index (χ4n) is 2.16. The number of carbonyl (C=O) groups is 1. The van der Waals surface area contributed by atoms with Crippen molar-refractivity contribution < 1.29 is 9.53 Å². The van der Waals surface area contributed by atoms with Crippen LogP contribution in [0.4, 0.5) is 0 Å². The number of benzene rings is 2. The van der Waals surface area contributed by atoms with Crippen molar-refractivity contribution in [3.8, 4) is 5.75 Å². The number of methoxy groups -OCH3 is 1. The lowest BCUT2D eigenvalue weighted by Crippen LogP contribution is -2.35. The molecule has 0 saturated heterocycles. The molecule has 0 spiro atoms. The second kappa shape index (κ2) is 7.61. The highest BCUT2D eigenvalue weighted by atomic mass is 16.5. The van der Waals surface area contributed by atoms with Crippen LogP contribution in [0, 0.1) is 6.92 Å². The molecule has 0 aliphatic heterocycles. The summed E-state index contributed by atoms with van der Waals surface area (Å²) in [5.41, 5.74) is 9.10. The number of hydrogen-bond acceptors (Lipinski definition) is 3. The van der Waals surface area contributed by atoms with Crippen molar-refractivity contribution in [3.05, 3.63) is 65.2 Å². The predicted molar refractivity (Wildman–Crippen MR) is 87.8 cm³/mol. The van der Waals surface area contributed by atoms with Crippen LogP contribution in [0.2, 0.25) is 0 Å². The lowest BCUT2D eigenvalue weighted by molar-refractivity contribution is -0.122. The molecule has 1 unspecified atom stereocenters. The number of ether oxygens (including phenoxy) is 1. The largest absolute Gasteiger partial charge is 0.497 e. The van der Waals surface area contributed by atoms with E-state index in [0.717, 1.165) is 28.9 Å². The van der Waals surface area contributed by atoms with Crippen molar-refractivity contribution in [2.75, 3.05) is 13.7 Å². The molecule has 4 nitrogen and oxygen atoms in total. The number of hydrogen-bond donors (Lipinski definition) is 2. The first-order valence-electron chi connectivity index (χ1n) is 7.33. The summed E-state index contributed by atoms with van der Waals surface area (Å²) >= 11 is 0. The van der Waals surface area contributed by atoms with Crippen LogP contribution in [-0.2, 0) is 11.2 Å². The number of amides is 1. The quantitative estimate of drug-likeness (QED) is 0.860. The molecule has 1 amide bonds. The maximum atomic E-state index is 12.1. The number of nitrogens with two attached hydrogens (primary N) is 1. The van der Waals surface area contributed by atoms with Crippen molar-refractivity contribution in [1.29, 1.82) is 0 Å². The zero-order valence-corrected chi connectivity index (χ0v) is 13.0. The van der Waals surface area contributed by atoms with Gasteiger partial charge >= 0.3 is 0 Å². The Morgan fingerprint density at radius 3 is 2.36 bits per heavy atom. The summed E-state index contributed by atoms with van der Waals surface area (Å²) in [6.45, 7) is 2.56. The van der Waals surface area contributed by atoms with Gasteiger partial charge in [-0.1, -0.05) is 42.0 Å². The third-order valence-electron chi connectivity index (χ3n) is 3.59. The predicted octanol–water partition coefficient (Wildman–Crippen LogP) is 2.36. The molecule has 0 aliphatic carbocycles. The Hall–Kier alpha value is -2.33. The normalized spacial score (nSPS) is 11.8. The topological polar surface area (TPSA) is 64.3 Å². The molecule has 0 fully saturated rings. The van der Waals surface area contributed by atoms with Crippen molar-refractivity contribution in [2.45, 2.75) is 19.4 Å². The van der Waals surface area contributed by atoms with Gasteiger partial charge in [-0.3, -0.25) is 4.79 Å². The zero-order chi connectivity index (χ0) is 15.9. The van der Waals surface area contributed by atoms with E-state index in [2.05, 4.69) is 5.32 Å². The first kappa shape index (κ1) is 16.0. The molecule has 0 aliphatic rings. The maximum absolute atomic E-state index is 12.1. The first-order chi connectivity index (χ1) is 10.6. The van der Waals surface area contributed by atoms with Crippen LogP contribution >= 0.6 is 0 Å². The third kappa shape index (κ3) is 4.33.